The lowest BCUT2D eigenvalue weighted by Gasteiger charge is -2.34. The van der Waals surface area contributed by atoms with Crippen LogP contribution in [0.5, 0.6) is 0 Å². The molecular formula is C19H23N5O. The topological polar surface area (TPSA) is 56.0 Å². The van der Waals surface area contributed by atoms with E-state index in [1.165, 1.54) is 0 Å². The summed E-state index contributed by atoms with van der Waals surface area (Å²) in [5, 5.41) is 4.43. The highest BCUT2D eigenvalue weighted by Gasteiger charge is 2.29. The van der Waals surface area contributed by atoms with E-state index in [2.05, 4.69) is 16.3 Å². The van der Waals surface area contributed by atoms with E-state index in [4.69, 9.17) is 0 Å². The van der Waals surface area contributed by atoms with Crippen LogP contribution in [0.2, 0.25) is 0 Å². The monoisotopic (exact) mass is 337 g/mol. The molecule has 1 aliphatic heterocycles. The normalized spacial score (nSPS) is 19.3. The molecule has 1 aromatic carbocycles. The van der Waals surface area contributed by atoms with Crippen LogP contribution in [0, 0.1) is 6.92 Å². The third-order valence-corrected chi connectivity index (χ3v) is 5.07. The number of aromatic nitrogens is 4. The Balaban J connectivity index is 1.53. The first-order valence-electron chi connectivity index (χ1n) is 8.84. The van der Waals surface area contributed by atoms with Gasteiger partial charge < -0.3 is 9.47 Å². The summed E-state index contributed by atoms with van der Waals surface area (Å²) in [5.41, 5.74) is 3.08. The molecule has 130 valence electrons. The fourth-order valence-corrected chi connectivity index (χ4v) is 3.67. The predicted octanol–water partition coefficient (Wildman–Crippen LogP) is 2.97. The molecule has 1 saturated heterocycles. The minimum Gasteiger partial charge on any atom is -0.339 e. The number of piperidine rings is 1. The summed E-state index contributed by atoms with van der Waals surface area (Å²) in [6.07, 6.45) is 7.78. The Bertz CT molecular complexity index is 896. The van der Waals surface area contributed by atoms with Crippen LogP contribution < -0.4 is 0 Å². The van der Waals surface area contributed by atoms with Gasteiger partial charge in [-0.25, -0.2) is 4.98 Å². The number of hydrogen-bond acceptors (Lipinski definition) is 3. The van der Waals surface area contributed by atoms with Gasteiger partial charge in [0.25, 0.3) is 0 Å². The zero-order valence-corrected chi connectivity index (χ0v) is 14.7. The van der Waals surface area contributed by atoms with E-state index in [1.54, 1.807) is 6.33 Å². The first-order chi connectivity index (χ1) is 12.1. The Labute approximate surface area is 147 Å². The number of imidazole rings is 1. The summed E-state index contributed by atoms with van der Waals surface area (Å²) in [4.78, 5) is 19.5. The van der Waals surface area contributed by atoms with Crippen molar-refractivity contribution in [1.82, 2.24) is 24.2 Å². The highest BCUT2D eigenvalue weighted by Crippen LogP contribution is 2.25. The maximum Gasteiger partial charge on any atom is 0.245 e. The largest absolute Gasteiger partial charge is 0.339 e. The number of nitrogens with zero attached hydrogens (tertiary/aromatic N) is 5. The highest BCUT2D eigenvalue weighted by molar-refractivity contribution is 5.83. The third-order valence-electron chi connectivity index (χ3n) is 5.07. The van der Waals surface area contributed by atoms with Gasteiger partial charge in [-0.05, 0) is 44.4 Å². The van der Waals surface area contributed by atoms with Gasteiger partial charge in [0.05, 0.1) is 29.6 Å². The molecule has 2 atom stereocenters. The summed E-state index contributed by atoms with van der Waals surface area (Å²) in [5.74, 6) is 0.150. The summed E-state index contributed by atoms with van der Waals surface area (Å²) >= 11 is 0. The molecule has 1 aliphatic rings. The van der Waals surface area contributed by atoms with E-state index in [1.807, 2.05) is 58.5 Å². The van der Waals surface area contributed by atoms with Crippen molar-refractivity contribution in [2.45, 2.75) is 38.8 Å². The fourth-order valence-electron chi connectivity index (χ4n) is 3.67. The van der Waals surface area contributed by atoms with Crippen molar-refractivity contribution in [3.05, 3.63) is 48.5 Å². The number of para-hydroxylation sites is 2. The van der Waals surface area contributed by atoms with Crippen molar-refractivity contribution >= 4 is 16.9 Å². The minimum atomic E-state index is -0.259. The molecule has 6 heteroatoms. The summed E-state index contributed by atoms with van der Waals surface area (Å²) in [7, 11) is 0. The van der Waals surface area contributed by atoms with Gasteiger partial charge in [-0.15, -0.1) is 0 Å². The summed E-state index contributed by atoms with van der Waals surface area (Å²) < 4.78 is 3.98. The third kappa shape index (κ3) is 2.92. The first kappa shape index (κ1) is 15.9. The number of rotatable bonds is 3. The molecule has 0 N–H and O–H groups in total. The number of aryl methyl sites for hydroxylation is 1. The zero-order valence-electron chi connectivity index (χ0n) is 14.7. The van der Waals surface area contributed by atoms with Crippen molar-refractivity contribution in [1.29, 1.82) is 0 Å². The van der Waals surface area contributed by atoms with E-state index in [-0.39, 0.29) is 18.0 Å². The van der Waals surface area contributed by atoms with Crippen molar-refractivity contribution in [3.63, 3.8) is 0 Å². The van der Waals surface area contributed by atoms with Crippen LogP contribution in [0.4, 0.5) is 0 Å². The van der Waals surface area contributed by atoms with Gasteiger partial charge >= 0.3 is 0 Å². The van der Waals surface area contributed by atoms with Crippen molar-refractivity contribution in [2.24, 2.45) is 0 Å². The second-order valence-electron chi connectivity index (χ2n) is 6.89. The van der Waals surface area contributed by atoms with Crippen molar-refractivity contribution in [2.75, 3.05) is 13.1 Å². The smallest absolute Gasteiger partial charge is 0.245 e. The number of carbonyl (C=O) groups excluding carboxylic acids is 1. The molecule has 1 fully saturated rings. The minimum absolute atomic E-state index is 0.150. The highest BCUT2D eigenvalue weighted by atomic mass is 16.2. The van der Waals surface area contributed by atoms with Crippen LogP contribution in [-0.2, 0) is 4.79 Å². The van der Waals surface area contributed by atoms with Gasteiger partial charge in [-0.3, -0.25) is 9.48 Å². The molecule has 25 heavy (non-hydrogen) atoms. The molecule has 0 unspecified atom stereocenters. The molecule has 3 aromatic rings. The second kappa shape index (κ2) is 6.35. The molecule has 0 saturated carbocycles. The van der Waals surface area contributed by atoms with Crippen LogP contribution in [0.3, 0.4) is 0 Å². The lowest BCUT2D eigenvalue weighted by Crippen LogP contribution is -2.43. The first-order valence-corrected chi connectivity index (χ1v) is 8.84. The molecule has 1 amide bonds. The van der Waals surface area contributed by atoms with E-state index < -0.39 is 0 Å². The molecule has 0 radical (unpaired) electrons. The van der Waals surface area contributed by atoms with Gasteiger partial charge in [-0.1, -0.05) is 12.1 Å². The number of amides is 1. The van der Waals surface area contributed by atoms with E-state index in [0.29, 0.717) is 0 Å². The maximum atomic E-state index is 13.1. The molecule has 0 spiro atoms. The van der Waals surface area contributed by atoms with Crippen LogP contribution in [-0.4, -0.2) is 43.2 Å². The lowest BCUT2D eigenvalue weighted by atomic mass is 10.0. The lowest BCUT2D eigenvalue weighted by molar-refractivity contribution is -0.135. The zero-order chi connectivity index (χ0) is 17.4. The predicted molar refractivity (Wildman–Crippen MR) is 96.3 cm³/mol. The van der Waals surface area contributed by atoms with Gasteiger partial charge in [0, 0.05) is 19.3 Å². The van der Waals surface area contributed by atoms with E-state index in [0.717, 1.165) is 42.5 Å². The Morgan fingerprint density at radius 1 is 1.32 bits per heavy atom. The number of hydrogen-bond donors (Lipinski definition) is 0. The van der Waals surface area contributed by atoms with Gasteiger partial charge in [0.1, 0.15) is 6.04 Å². The average molecular weight is 337 g/mol. The molecule has 0 aliphatic carbocycles. The van der Waals surface area contributed by atoms with Crippen LogP contribution in [0.15, 0.2) is 43.0 Å². The summed E-state index contributed by atoms with van der Waals surface area (Å²) in [6, 6.07) is 7.93. The fraction of sp³-hybridized carbons (Fsp3) is 0.421. The van der Waals surface area contributed by atoms with E-state index >= 15 is 0 Å². The number of likely N-dealkylation sites (tertiary alicyclic amines) is 1. The van der Waals surface area contributed by atoms with Crippen LogP contribution in [0.25, 0.3) is 11.0 Å². The Hall–Kier alpha value is -2.63. The molecule has 6 nitrogen and oxygen atoms in total. The van der Waals surface area contributed by atoms with Gasteiger partial charge in [-0.2, -0.15) is 5.10 Å². The Morgan fingerprint density at radius 3 is 2.96 bits per heavy atom. The Kier molecular flexibility index (Phi) is 4.03. The quantitative estimate of drug-likeness (QED) is 0.738. The standard InChI is InChI=1S/C19H23N5O/c1-14-10-21-24(11-14)16-6-5-9-22(12-16)19(25)15(2)23-13-20-17-7-3-4-8-18(17)23/h3-4,7-8,10-11,13,15-16H,5-6,9,12H2,1-2H3/t15-,16-/m0/s1. The van der Waals surface area contributed by atoms with Crippen LogP contribution >= 0.6 is 0 Å². The molecule has 2 aromatic heterocycles. The molecule has 3 heterocycles. The molecule has 0 bridgehead atoms. The number of benzene rings is 1. The second-order valence-corrected chi connectivity index (χ2v) is 6.89. The average Bonchev–Trinajstić information content (AvgIpc) is 3.27. The SMILES string of the molecule is Cc1cnn([C@H]2CCCN(C(=O)[C@H](C)n3cnc4ccccc43)C2)c1. The van der Waals surface area contributed by atoms with Crippen molar-refractivity contribution < 1.29 is 4.79 Å². The number of fused-ring (bicyclic) bond motifs is 1. The van der Waals surface area contributed by atoms with Gasteiger partial charge in [0.15, 0.2) is 0 Å². The van der Waals surface area contributed by atoms with Crippen LogP contribution in [0.1, 0.15) is 37.4 Å². The molecule has 4 rings (SSSR count). The maximum absolute atomic E-state index is 13.1. The number of carbonyl (C=O) groups is 1. The van der Waals surface area contributed by atoms with Crippen molar-refractivity contribution in [3.8, 4) is 0 Å². The van der Waals surface area contributed by atoms with E-state index in [9.17, 15) is 4.79 Å². The van der Waals surface area contributed by atoms with Gasteiger partial charge in [0.2, 0.25) is 5.91 Å². The summed E-state index contributed by atoms with van der Waals surface area (Å²) in [6.45, 7) is 5.53. The molecular weight excluding hydrogens is 314 g/mol. The Morgan fingerprint density at radius 2 is 2.16 bits per heavy atom.